The van der Waals surface area contributed by atoms with E-state index in [0.29, 0.717) is 29.9 Å². The second-order valence-corrected chi connectivity index (χ2v) is 8.81. The van der Waals surface area contributed by atoms with E-state index in [2.05, 4.69) is 5.32 Å². The van der Waals surface area contributed by atoms with Crippen molar-refractivity contribution in [1.82, 2.24) is 9.88 Å². The summed E-state index contributed by atoms with van der Waals surface area (Å²) in [6.07, 6.45) is 1.60. The lowest BCUT2D eigenvalue weighted by Crippen LogP contribution is -2.37. The Bertz CT molecular complexity index is 1150. The number of thiazole rings is 1. The molecule has 0 atom stereocenters. The Hall–Kier alpha value is -3.37. The Morgan fingerprint density at radius 1 is 1.19 bits per heavy atom. The van der Waals surface area contributed by atoms with Crippen molar-refractivity contribution in [3.8, 4) is 11.3 Å². The summed E-state index contributed by atoms with van der Waals surface area (Å²) in [7, 11) is 0. The molecule has 1 amide bonds. The maximum atomic E-state index is 12.8. The first kappa shape index (κ1) is 21.8. The van der Waals surface area contributed by atoms with Crippen LogP contribution in [0.1, 0.15) is 34.1 Å². The molecule has 2 heterocycles. The Balaban J connectivity index is 1.40. The van der Waals surface area contributed by atoms with Crippen molar-refractivity contribution in [1.29, 1.82) is 0 Å². The average Bonchev–Trinajstić information content (AvgIpc) is 3.29. The summed E-state index contributed by atoms with van der Waals surface area (Å²) in [6, 6.07) is 13.7. The van der Waals surface area contributed by atoms with Gasteiger partial charge in [0.2, 0.25) is 0 Å². The summed E-state index contributed by atoms with van der Waals surface area (Å²) < 4.78 is 0. The van der Waals surface area contributed by atoms with Gasteiger partial charge in [0, 0.05) is 41.7 Å². The van der Waals surface area contributed by atoms with Gasteiger partial charge < -0.3 is 16.0 Å². The molecule has 0 radical (unpaired) electrons. The number of nitro benzene ring substituents is 1. The molecule has 0 bridgehead atoms. The molecule has 164 valence electrons. The molecule has 10 heteroatoms. The second-order valence-electron chi connectivity index (χ2n) is 7.48. The monoisotopic (exact) mass is 467 g/mol. The van der Waals surface area contributed by atoms with E-state index in [9.17, 15) is 14.9 Å². The number of amides is 1. The molecule has 1 aliphatic heterocycles. The van der Waals surface area contributed by atoms with E-state index in [1.807, 2.05) is 10.3 Å². The number of hydrogen-bond donors (Lipinski definition) is 2. The number of thiocarbonyl (C=S) groups is 1. The highest BCUT2D eigenvalue weighted by molar-refractivity contribution is 7.80. The van der Waals surface area contributed by atoms with Crippen LogP contribution in [0.3, 0.4) is 0 Å². The minimum atomic E-state index is -0.384. The lowest BCUT2D eigenvalue weighted by molar-refractivity contribution is -0.384. The van der Waals surface area contributed by atoms with Crippen LogP contribution in [0, 0.1) is 10.1 Å². The third-order valence-corrected chi connectivity index (χ3v) is 6.54. The third-order valence-electron chi connectivity index (χ3n) is 5.43. The number of benzene rings is 2. The van der Waals surface area contributed by atoms with Crippen molar-refractivity contribution in [2.45, 2.75) is 18.8 Å². The minimum absolute atomic E-state index is 0.00920. The van der Waals surface area contributed by atoms with Gasteiger partial charge in [-0.1, -0.05) is 12.1 Å². The van der Waals surface area contributed by atoms with E-state index in [0.717, 1.165) is 23.5 Å². The molecular weight excluding hydrogens is 446 g/mol. The number of carbonyl (C=O) groups is 1. The molecule has 0 unspecified atom stereocenters. The molecule has 4 rings (SSSR count). The molecule has 8 nitrogen and oxygen atoms in total. The number of nitrogens with one attached hydrogen (secondary N) is 1. The smallest absolute Gasteiger partial charge is 0.278 e. The zero-order valence-corrected chi connectivity index (χ0v) is 18.7. The van der Waals surface area contributed by atoms with Gasteiger partial charge in [-0.15, -0.1) is 11.3 Å². The van der Waals surface area contributed by atoms with Crippen molar-refractivity contribution in [3.63, 3.8) is 0 Å². The zero-order chi connectivity index (χ0) is 22.7. The van der Waals surface area contributed by atoms with Crippen LogP contribution in [0.2, 0.25) is 0 Å². The Morgan fingerprint density at radius 3 is 2.53 bits per heavy atom. The van der Waals surface area contributed by atoms with Crippen molar-refractivity contribution in [2.24, 2.45) is 5.73 Å². The summed E-state index contributed by atoms with van der Waals surface area (Å²) in [5, 5.41) is 17.2. The van der Waals surface area contributed by atoms with Crippen LogP contribution in [0.5, 0.6) is 0 Å². The number of likely N-dealkylation sites (tertiary alicyclic amines) is 1. The highest BCUT2D eigenvalue weighted by Gasteiger charge is 2.27. The van der Waals surface area contributed by atoms with E-state index in [-0.39, 0.29) is 27.5 Å². The average molecular weight is 468 g/mol. The van der Waals surface area contributed by atoms with Crippen LogP contribution in [-0.4, -0.2) is 38.9 Å². The molecule has 3 N–H and O–H groups in total. The van der Waals surface area contributed by atoms with E-state index in [4.69, 9.17) is 22.9 Å². The third kappa shape index (κ3) is 4.76. The number of hydrogen-bond acceptors (Lipinski definition) is 6. The SMILES string of the molecule is NC(=S)Nc1ccc(C(=O)N2CCC(c3nc(-c4ccccc4[N+](=O)[O-])cs3)CC2)cc1. The molecule has 3 aromatic rings. The van der Waals surface area contributed by atoms with Gasteiger partial charge in [0.05, 0.1) is 21.2 Å². The van der Waals surface area contributed by atoms with Gasteiger partial charge in [0.25, 0.3) is 11.6 Å². The first-order valence-electron chi connectivity index (χ1n) is 10.1. The summed E-state index contributed by atoms with van der Waals surface area (Å²) in [6.45, 7) is 1.27. The van der Waals surface area contributed by atoms with Gasteiger partial charge >= 0.3 is 0 Å². The predicted octanol–water partition coefficient (Wildman–Crippen LogP) is 4.39. The number of nitro groups is 1. The van der Waals surface area contributed by atoms with Crippen molar-refractivity contribution in [3.05, 3.63) is 74.6 Å². The molecular formula is C22H21N5O3S2. The van der Waals surface area contributed by atoms with Gasteiger partial charge in [0.1, 0.15) is 0 Å². The molecule has 1 aliphatic rings. The van der Waals surface area contributed by atoms with Crippen LogP contribution in [0.25, 0.3) is 11.3 Å². The number of para-hydroxylation sites is 1. The predicted molar refractivity (Wildman–Crippen MR) is 129 cm³/mol. The highest BCUT2D eigenvalue weighted by Crippen LogP contribution is 2.35. The molecule has 32 heavy (non-hydrogen) atoms. The maximum absolute atomic E-state index is 12.8. The van der Waals surface area contributed by atoms with Crippen molar-refractivity contribution >= 4 is 45.9 Å². The summed E-state index contributed by atoms with van der Waals surface area (Å²) in [4.78, 5) is 30.3. The zero-order valence-electron chi connectivity index (χ0n) is 17.1. The van der Waals surface area contributed by atoms with Crippen LogP contribution >= 0.6 is 23.6 Å². The topological polar surface area (TPSA) is 114 Å². The van der Waals surface area contributed by atoms with Crippen molar-refractivity contribution in [2.75, 3.05) is 18.4 Å². The van der Waals surface area contributed by atoms with Crippen LogP contribution < -0.4 is 11.1 Å². The van der Waals surface area contributed by atoms with E-state index < -0.39 is 0 Å². The number of rotatable bonds is 5. The number of anilines is 1. The van der Waals surface area contributed by atoms with Gasteiger partial charge in [-0.25, -0.2) is 4.98 Å². The van der Waals surface area contributed by atoms with Crippen LogP contribution in [0.4, 0.5) is 11.4 Å². The number of aromatic nitrogens is 1. The first-order valence-corrected chi connectivity index (χ1v) is 11.4. The summed E-state index contributed by atoms with van der Waals surface area (Å²) in [5.41, 5.74) is 8.03. The van der Waals surface area contributed by atoms with Gasteiger partial charge in [0.15, 0.2) is 5.11 Å². The largest absolute Gasteiger partial charge is 0.376 e. The number of nitrogens with zero attached hydrogens (tertiary/aromatic N) is 3. The molecule has 1 saturated heterocycles. The lowest BCUT2D eigenvalue weighted by atomic mass is 9.97. The van der Waals surface area contributed by atoms with Crippen LogP contribution in [-0.2, 0) is 0 Å². The molecule has 1 fully saturated rings. The quantitative estimate of drug-likeness (QED) is 0.325. The summed E-state index contributed by atoms with van der Waals surface area (Å²) in [5.74, 6) is 0.225. The van der Waals surface area contributed by atoms with Gasteiger partial charge in [-0.05, 0) is 55.4 Å². The highest BCUT2D eigenvalue weighted by atomic mass is 32.1. The molecule has 2 aromatic carbocycles. The van der Waals surface area contributed by atoms with Crippen molar-refractivity contribution < 1.29 is 9.72 Å². The molecule has 1 aromatic heterocycles. The van der Waals surface area contributed by atoms with Gasteiger partial charge in [-0.2, -0.15) is 0 Å². The van der Waals surface area contributed by atoms with Crippen LogP contribution in [0.15, 0.2) is 53.9 Å². The standard InChI is InChI=1S/C22H21N5O3S2/c23-22(31)24-16-7-5-15(6-8-16)21(28)26-11-9-14(10-12-26)20-25-18(13-32-20)17-3-1-2-4-19(17)27(29)30/h1-8,13-14H,9-12H2,(H3,23,24,31). The van der Waals surface area contributed by atoms with E-state index in [1.54, 1.807) is 42.5 Å². The van der Waals surface area contributed by atoms with E-state index >= 15 is 0 Å². The number of nitrogens with two attached hydrogens (primary N) is 1. The Labute approximate surface area is 194 Å². The summed E-state index contributed by atoms with van der Waals surface area (Å²) >= 11 is 6.34. The fourth-order valence-corrected chi connectivity index (χ4v) is 4.91. The Kier molecular flexibility index (Phi) is 6.42. The van der Waals surface area contributed by atoms with E-state index in [1.165, 1.54) is 17.4 Å². The second kappa shape index (κ2) is 9.41. The number of carbonyl (C=O) groups excluding carboxylic acids is 1. The minimum Gasteiger partial charge on any atom is -0.376 e. The molecule has 0 spiro atoms. The normalized spacial score (nSPS) is 14.2. The number of piperidine rings is 1. The fraction of sp³-hybridized carbons (Fsp3) is 0.227. The maximum Gasteiger partial charge on any atom is 0.278 e. The first-order chi connectivity index (χ1) is 15.4. The molecule has 0 saturated carbocycles. The van der Waals surface area contributed by atoms with Gasteiger partial charge in [-0.3, -0.25) is 14.9 Å². The Morgan fingerprint density at radius 2 is 1.88 bits per heavy atom. The fourth-order valence-electron chi connectivity index (χ4n) is 3.80. The lowest BCUT2D eigenvalue weighted by Gasteiger charge is -2.31. The molecule has 0 aliphatic carbocycles.